The van der Waals surface area contributed by atoms with Crippen molar-refractivity contribution >= 4 is 11.3 Å². The molecule has 0 saturated carbocycles. The average molecular weight is 193 g/mol. The van der Waals surface area contributed by atoms with E-state index in [2.05, 4.69) is 22.7 Å². The number of thiophene rings is 1. The first kappa shape index (κ1) is 8.01. The normalized spacial score (nSPS) is 22.5. The second-order valence-corrected chi connectivity index (χ2v) is 5.33. The van der Waals surface area contributed by atoms with Gasteiger partial charge in [0.25, 0.3) is 0 Å². The van der Waals surface area contributed by atoms with E-state index in [0.29, 0.717) is 0 Å². The molecular weight excluding hydrogens is 178 g/mol. The van der Waals surface area contributed by atoms with Crippen LogP contribution in [0.25, 0.3) is 0 Å². The summed E-state index contributed by atoms with van der Waals surface area (Å²) in [6.07, 6.45) is 5.51. The first-order chi connectivity index (χ1) is 6.43. The third kappa shape index (κ3) is 1.32. The van der Waals surface area contributed by atoms with E-state index in [1.165, 1.54) is 38.8 Å². The Hall–Kier alpha value is -0.340. The van der Waals surface area contributed by atoms with Crippen molar-refractivity contribution in [2.24, 2.45) is 0 Å². The predicted molar refractivity (Wildman–Crippen MR) is 56.6 cm³/mol. The minimum atomic E-state index is 0.843. The largest absolute Gasteiger partial charge is 0.315 e. The van der Waals surface area contributed by atoms with Crippen LogP contribution in [-0.2, 0) is 12.8 Å². The highest BCUT2D eigenvalue weighted by atomic mass is 32.1. The van der Waals surface area contributed by atoms with Crippen LogP contribution in [0.5, 0.6) is 0 Å². The Morgan fingerprint density at radius 1 is 1.23 bits per heavy atom. The minimum absolute atomic E-state index is 0.843. The van der Waals surface area contributed by atoms with E-state index in [1.807, 2.05) is 0 Å². The monoisotopic (exact) mass is 193 g/mol. The maximum atomic E-state index is 3.35. The molecule has 0 amide bonds. The molecular formula is C11H15NS. The van der Waals surface area contributed by atoms with Crippen LogP contribution in [0.3, 0.4) is 0 Å². The highest BCUT2D eigenvalue weighted by Gasteiger charge is 2.23. The summed E-state index contributed by atoms with van der Waals surface area (Å²) < 4.78 is 0. The van der Waals surface area contributed by atoms with Crippen molar-refractivity contribution in [1.82, 2.24) is 5.32 Å². The van der Waals surface area contributed by atoms with Gasteiger partial charge in [0, 0.05) is 28.8 Å². The van der Waals surface area contributed by atoms with E-state index < -0.39 is 0 Å². The van der Waals surface area contributed by atoms with Gasteiger partial charge in [-0.05, 0) is 37.3 Å². The number of fused-ring (bicyclic) bond motifs is 1. The Morgan fingerprint density at radius 2 is 2.08 bits per heavy atom. The SMILES string of the molecule is c1c(C2CNC2)sc2c1CCCC2. The third-order valence-electron chi connectivity index (χ3n) is 3.20. The Morgan fingerprint density at radius 3 is 2.77 bits per heavy atom. The maximum Gasteiger partial charge on any atom is 0.0183 e. The molecule has 0 bridgehead atoms. The van der Waals surface area contributed by atoms with Crippen LogP contribution in [0.2, 0.25) is 0 Å². The molecule has 2 aliphatic rings. The zero-order valence-electron chi connectivity index (χ0n) is 7.81. The van der Waals surface area contributed by atoms with Gasteiger partial charge >= 0.3 is 0 Å². The van der Waals surface area contributed by atoms with Gasteiger partial charge in [-0.3, -0.25) is 0 Å². The number of rotatable bonds is 1. The second kappa shape index (κ2) is 3.10. The first-order valence-corrected chi connectivity index (χ1v) is 6.07. The first-order valence-electron chi connectivity index (χ1n) is 5.25. The van der Waals surface area contributed by atoms with Gasteiger partial charge in [0.15, 0.2) is 0 Å². The smallest absolute Gasteiger partial charge is 0.0183 e. The molecule has 1 nitrogen and oxygen atoms in total. The van der Waals surface area contributed by atoms with Crippen molar-refractivity contribution < 1.29 is 0 Å². The zero-order valence-corrected chi connectivity index (χ0v) is 8.62. The van der Waals surface area contributed by atoms with Gasteiger partial charge < -0.3 is 5.32 Å². The third-order valence-corrected chi connectivity index (χ3v) is 4.60. The highest BCUT2D eigenvalue weighted by Crippen LogP contribution is 2.34. The Bertz CT molecular complexity index is 288. The fourth-order valence-corrected chi connectivity index (χ4v) is 3.56. The summed E-state index contributed by atoms with van der Waals surface area (Å²) in [6.45, 7) is 2.42. The lowest BCUT2D eigenvalue weighted by Crippen LogP contribution is -2.39. The Balaban J connectivity index is 1.90. The molecule has 0 spiro atoms. The van der Waals surface area contributed by atoms with Crippen LogP contribution in [0.4, 0.5) is 0 Å². The molecule has 1 aromatic rings. The number of hydrogen-bond acceptors (Lipinski definition) is 2. The quantitative estimate of drug-likeness (QED) is 0.721. The summed E-state index contributed by atoms with van der Waals surface area (Å²) in [5, 5.41) is 3.35. The standard InChI is InChI=1S/C11H15NS/c1-2-4-10-8(3-1)5-11(13-10)9-6-12-7-9/h5,9,12H,1-4,6-7H2. The number of nitrogens with one attached hydrogen (secondary N) is 1. The number of hydrogen-bond donors (Lipinski definition) is 1. The summed E-state index contributed by atoms with van der Waals surface area (Å²) in [7, 11) is 0. The van der Waals surface area contributed by atoms with Gasteiger partial charge in [0.05, 0.1) is 0 Å². The van der Waals surface area contributed by atoms with Crippen molar-refractivity contribution in [3.05, 3.63) is 21.4 Å². The lowest BCUT2D eigenvalue weighted by atomic mass is 9.96. The topological polar surface area (TPSA) is 12.0 Å². The van der Waals surface area contributed by atoms with Crippen LogP contribution in [0.15, 0.2) is 6.07 Å². The summed E-state index contributed by atoms with van der Waals surface area (Å²) in [4.78, 5) is 3.33. The molecule has 2 heteroatoms. The van der Waals surface area contributed by atoms with Crippen molar-refractivity contribution in [3.8, 4) is 0 Å². The molecule has 1 aliphatic carbocycles. The minimum Gasteiger partial charge on any atom is -0.315 e. The summed E-state index contributed by atoms with van der Waals surface area (Å²) in [5.74, 6) is 0.843. The average Bonchev–Trinajstić information content (AvgIpc) is 2.43. The van der Waals surface area contributed by atoms with Gasteiger partial charge in [0.2, 0.25) is 0 Å². The lowest BCUT2D eigenvalue weighted by Gasteiger charge is -2.25. The van der Waals surface area contributed by atoms with Gasteiger partial charge in [0.1, 0.15) is 0 Å². The van der Waals surface area contributed by atoms with Crippen LogP contribution in [0.1, 0.15) is 34.1 Å². The van der Waals surface area contributed by atoms with Crippen molar-refractivity contribution in [1.29, 1.82) is 0 Å². The summed E-state index contributed by atoms with van der Waals surface area (Å²) in [5.41, 5.74) is 1.66. The van der Waals surface area contributed by atoms with Crippen LogP contribution >= 0.6 is 11.3 Å². The fraction of sp³-hybridized carbons (Fsp3) is 0.636. The van der Waals surface area contributed by atoms with Gasteiger partial charge in [-0.2, -0.15) is 0 Å². The van der Waals surface area contributed by atoms with Crippen LogP contribution in [-0.4, -0.2) is 13.1 Å². The molecule has 1 fully saturated rings. The molecule has 0 aromatic carbocycles. The maximum absolute atomic E-state index is 3.35. The molecule has 70 valence electrons. The predicted octanol–water partition coefficient (Wildman–Crippen LogP) is 2.31. The van der Waals surface area contributed by atoms with E-state index in [0.717, 1.165) is 5.92 Å². The molecule has 0 radical (unpaired) electrons. The molecule has 1 aromatic heterocycles. The molecule has 2 heterocycles. The fourth-order valence-electron chi connectivity index (χ4n) is 2.20. The molecule has 0 atom stereocenters. The molecule has 1 saturated heterocycles. The second-order valence-electron chi connectivity index (χ2n) is 4.16. The molecule has 3 rings (SSSR count). The number of aryl methyl sites for hydroxylation is 2. The van der Waals surface area contributed by atoms with E-state index in [-0.39, 0.29) is 0 Å². The van der Waals surface area contributed by atoms with Crippen molar-refractivity contribution in [2.75, 3.05) is 13.1 Å². The van der Waals surface area contributed by atoms with Crippen molar-refractivity contribution in [2.45, 2.75) is 31.6 Å². The van der Waals surface area contributed by atoms with Gasteiger partial charge in [-0.1, -0.05) is 0 Å². The highest BCUT2D eigenvalue weighted by molar-refractivity contribution is 7.12. The van der Waals surface area contributed by atoms with E-state index in [9.17, 15) is 0 Å². The van der Waals surface area contributed by atoms with E-state index >= 15 is 0 Å². The van der Waals surface area contributed by atoms with Crippen LogP contribution in [0, 0.1) is 0 Å². The molecule has 13 heavy (non-hydrogen) atoms. The summed E-state index contributed by atoms with van der Waals surface area (Å²) >= 11 is 2.08. The Kier molecular flexibility index (Phi) is 1.91. The molecule has 1 N–H and O–H groups in total. The van der Waals surface area contributed by atoms with Gasteiger partial charge in [-0.25, -0.2) is 0 Å². The zero-order chi connectivity index (χ0) is 8.67. The molecule has 1 aliphatic heterocycles. The Labute approximate surface area is 83.2 Å². The van der Waals surface area contributed by atoms with Gasteiger partial charge in [-0.15, -0.1) is 11.3 Å². The van der Waals surface area contributed by atoms with E-state index in [1.54, 1.807) is 15.3 Å². The van der Waals surface area contributed by atoms with Crippen molar-refractivity contribution in [3.63, 3.8) is 0 Å². The van der Waals surface area contributed by atoms with E-state index in [4.69, 9.17) is 0 Å². The van der Waals surface area contributed by atoms with Crippen LogP contribution < -0.4 is 5.32 Å². The summed E-state index contributed by atoms with van der Waals surface area (Å²) in [6, 6.07) is 2.48. The molecule has 0 unspecified atom stereocenters. The lowest BCUT2D eigenvalue weighted by molar-refractivity contribution is 0.454.